The number of halogens is 2. The van der Waals surface area contributed by atoms with Gasteiger partial charge < -0.3 is 10.5 Å². The van der Waals surface area contributed by atoms with Crippen LogP contribution in [0.4, 0.5) is 0 Å². The molecule has 2 unspecified atom stereocenters. The summed E-state index contributed by atoms with van der Waals surface area (Å²) < 4.78 is 5.65. The molecule has 0 fully saturated rings. The molecule has 2 N–H and O–H groups in total. The molecule has 0 spiro atoms. The van der Waals surface area contributed by atoms with Crippen LogP contribution in [0.15, 0.2) is 12.1 Å². The minimum Gasteiger partial charge on any atom is -0.492 e. The number of nitrogens with two attached hydrogens (primary N) is 1. The smallest absolute Gasteiger partial charge is 0.141 e. The van der Waals surface area contributed by atoms with Crippen molar-refractivity contribution in [2.24, 2.45) is 11.7 Å². The largest absolute Gasteiger partial charge is 0.492 e. The Hall–Kier alpha value is -0.440. The molecule has 4 heteroatoms. The van der Waals surface area contributed by atoms with Gasteiger partial charge in [0.15, 0.2) is 0 Å². The minimum atomic E-state index is 0.311. The molecule has 102 valence electrons. The Kier molecular flexibility index (Phi) is 6.27. The van der Waals surface area contributed by atoms with Gasteiger partial charge in [-0.3, -0.25) is 0 Å². The van der Waals surface area contributed by atoms with E-state index in [0.717, 1.165) is 17.7 Å². The Balaban J connectivity index is 3.12. The molecule has 0 bridgehead atoms. The van der Waals surface area contributed by atoms with Crippen molar-refractivity contribution in [2.45, 2.75) is 33.1 Å². The highest BCUT2D eigenvalue weighted by atomic mass is 35.5. The second-order valence-electron chi connectivity index (χ2n) is 4.58. The van der Waals surface area contributed by atoms with Crippen molar-refractivity contribution >= 4 is 23.2 Å². The van der Waals surface area contributed by atoms with Crippen LogP contribution in [0.2, 0.25) is 10.0 Å². The lowest BCUT2D eigenvalue weighted by molar-refractivity contribution is 0.329. The monoisotopic (exact) mass is 289 g/mol. The van der Waals surface area contributed by atoms with Crippen molar-refractivity contribution in [1.82, 2.24) is 0 Å². The highest BCUT2D eigenvalue weighted by Gasteiger charge is 2.20. The predicted molar refractivity (Wildman–Crippen MR) is 78.9 cm³/mol. The molecule has 0 heterocycles. The van der Waals surface area contributed by atoms with Crippen molar-refractivity contribution in [3.05, 3.63) is 27.7 Å². The zero-order valence-corrected chi connectivity index (χ0v) is 12.7. The quantitative estimate of drug-likeness (QED) is 0.838. The van der Waals surface area contributed by atoms with Crippen LogP contribution in [0.5, 0.6) is 5.75 Å². The first-order chi connectivity index (χ1) is 8.51. The van der Waals surface area contributed by atoms with Crippen molar-refractivity contribution < 1.29 is 4.74 Å². The number of hydrogen-bond acceptors (Lipinski definition) is 2. The van der Waals surface area contributed by atoms with Crippen LogP contribution in [0, 0.1) is 5.92 Å². The molecule has 0 aromatic heterocycles. The summed E-state index contributed by atoms with van der Waals surface area (Å²) in [6, 6.07) is 3.66. The molecule has 1 aromatic carbocycles. The molecule has 0 amide bonds. The van der Waals surface area contributed by atoms with Crippen molar-refractivity contribution in [2.75, 3.05) is 13.2 Å². The molecule has 0 radical (unpaired) electrons. The van der Waals surface area contributed by atoms with Gasteiger partial charge in [-0.15, -0.1) is 0 Å². The van der Waals surface area contributed by atoms with Crippen LogP contribution in [-0.4, -0.2) is 13.2 Å². The van der Waals surface area contributed by atoms with Crippen molar-refractivity contribution in [1.29, 1.82) is 0 Å². The standard InChI is InChI=1S/C14H21Cl2NO/c1-4-18-14-12(7-11(15)8-13(14)16)10(3)9(2)5-6-17/h7-10H,4-6,17H2,1-3H3. The lowest BCUT2D eigenvalue weighted by Crippen LogP contribution is -2.13. The maximum atomic E-state index is 6.21. The summed E-state index contributed by atoms with van der Waals surface area (Å²) in [6.07, 6.45) is 0.969. The van der Waals surface area contributed by atoms with Crippen LogP contribution in [0.1, 0.15) is 38.7 Å². The number of ether oxygens (including phenoxy) is 1. The molecule has 0 aliphatic rings. The fourth-order valence-corrected chi connectivity index (χ4v) is 2.60. The molecule has 18 heavy (non-hydrogen) atoms. The molecular formula is C14H21Cl2NO. The fraction of sp³-hybridized carbons (Fsp3) is 0.571. The van der Waals surface area contributed by atoms with E-state index in [1.165, 1.54) is 0 Å². The fourth-order valence-electron chi connectivity index (χ4n) is 2.03. The van der Waals surface area contributed by atoms with E-state index >= 15 is 0 Å². The van der Waals surface area contributed by atoms with Gasteiger partial charge in [-0.1, -0.05) is 37.0 Å². The summed E-state index contributed by atoms with van der Waals surface area (Å²) in [5, 5.41) is 1.22. The Bertz CT molecular complexity index is 396. The zero-order valence-electron chi connectivity index (χ0n) is 11.2. The summed E-state index contributed by atoms with van der Waals surface area (Å²) in [6.45, 7) is 7.56. The molecular weight excluding hydrogens is 269 g/mol. The number of benzene rings is 1. The van der Waals surface area contributed by atoms with Crippen LogP contribution < -0.4 is 10.5 Å². The van der Waals surface area contributed by atoms with E-state index < -0.39 is 0 Å². The first kappa shape index (κ1) is 15.6. The maximum Gasteiger partial charge on any atom is 0.141 e. The number of rotatable bonds is 6. The lowest BCUT2D eigenvalue weighted by atomic mass is 9.86. The molecule has 2 nitrogen and oxygen atoms in total. The topological polar surface area (TPSA) is 35.2 Å². The molecule has 1 aromatic rings. The van der Waals surface area contributed by atoms with E-state index in [2.05, 4.69) is 13.8 Å². The third kappa shape index (κ3) is 3.78. The summed E-state index contributed by atoms with van der Waals surface area (Å²) in [4.78, 5) is 0. The Morgan fingerprint density at radius 2 is 1.94 bits per heavy atom. The SMILES string of the molecule is CCOc1c(Cl)cc(Cl)cc1C(C)C(C)CCN. The third-order valence-corrected chi connectivity index (χ3v) is 3.79. The van der Waals surface area contributed by atoms with Gasteiger partial charge in [0, 0.05) is 10.6 Å². The minimum absolute atomic E-state index is 0.311. The van der Waals surface area contributed by atoms with E-state index in [1.807, 2.05) is 13.0 Å². The van der Waals surface area contributed by atoms with Gasteiger partial charge in [-0.05, 0) is 43.9 Å². The first-order valence-electron chi connectivity index (χ1n) is 6.33. The molecule has 0 aliphatic heterocycles. The summed E-state index contributed by atoms with van der Waals surface area (Å²) in [7, 11) is 0. The molecule has 2 atom stereocenters. The van der Waals surface area contributed by atoms with Gasteiger partial charge in [-0.2, -0.15) is 0 Å². The number of hydrogen-bond donors (Lipinski definition) is 1. The van der Waals surface area contributed by atoms with Crippen LogP contribution in [-0.2, 0) is 0 Å². The van der Waals surface area contributed by atoms with Gasteiger partial charge in [0.1, 0.15) is 5.75 Å². The van der Waals surface area contributed by atoms with Gasteiger partial charge in [0.05, 0.1) is 11.6 Å². The zero-order chi connectivity index (χ0) is 13.7. The summed E-state index contributed by atoms with van der Waals surface area (Å²) in [5.41, 5.74) is 6.68. The highest BCUT2D eigenvalue weighted by Crippen LogP contribution is 2.39. The second-order valence-corrected chi connectivity index (χ2v) is 5.43. The van der Waals surface area contributed by atoms with E-state index in [1.54, 1.807) is 6.07 Å². The van der Waals surface area contributed by atoms with Crippen molar-refractivity contribution in [3.8, 4) is 5.75 Å². The second kappa shape index (κ2) is 7.22. The summed E-state index contributed by atoms with van der Waals surface area (Å²) in [5.74, 6) is 1.52. The van der Waals surface area contributed by atoms with Crippen LogP contribution in [0.3, 0.4) is 0 Å². The normalized spacial score (nSPS) is 14.3. The van der Waals surface area contributed by atoms with E-state index in [9.17, 15) is 0 Å². The van der Waals surface area contributed by atoms with Gasteiger partial charge in [0.2, 0.25) is 0 Å². The van der Waals surface area contributed by atoms with E-state index in [-0.39, 0.29) is 0 Å². The van der Waals surface area contributed by atoms with E-state index in [0.29, 0.717) is 35.0 Å². The van der Waals surface area contributed by atoms with Crippen LogP contribution in [0.25, 0.3) is 0 Å². The van der Waals surface area contributed by atoms with Crippen LogP contribution >= 0.6 is 23.2 Å². The maximum absolute atomic E-state index is 6.21. The Morgan fingerprint density at radius 1 is 1.28 bits per heavy atom. The first-order valence-corrected chi connectivity index (χ1v) is 7.08. The molecule has 0 aliphatic carbocycles. The average Bonchev–Trinajstić information content (AvgIpc) is 2.31. The van der Waals surface area contributed by atoms with E-state index in [4.69, 9.17) is 33.7 Å². The van der Waals surface area contributed by atoms with Crippen molar-refractivity contribution in [3.63, 3.8) is 0 Å². The molecule has 1 rings (SSSR count). The van der Waals surface area contributed by atoms with Gasteiger partial charge >= 0.3 is 0 Å². The highest BCUT2D eigenvalue weighted by molar-refractivity contribution is 6.35. The Labute approximate surface area is 119 Å². The predicted octanol–water partition coefficient (Wildman–Crippen LogP) is 4.48. The lowest BCUT2D eigenvalue weighted by Gasteiger charge is -2.23. The summed E-state index contributed by atoms with van der Waals surface area (Å²) >= 11 is 12.3. The molecule has 0 saturated heterocycles. The average molecular weight is 290 g/mol. The van der Waals surface area contributed by atoms with Gasteiger partial charge in [0.25, 0.3) is 0 Å². The molecule has 0 saturated carbocycles. The van der Waals surface area contributed by atoms with Gasteiger partial charge in [-0.25, -0.2) is 0 Å². The Morgan fingerprint density at radius 3 is 2.50 bits per heavy atom. The third-order valence-electron chi connectivity index (χ3n) is 3.29.